The van der Waals surface area contributed by atoms with Crippen molar-refractivity contribution in [2.24, 2.45) is 0 Å². The van der Waals surface area contributed by atoms with E-state index >= 15 is 0 Å². The van der Waals surface area contributed by atoms with Gasteiger partial charge in [-0.3, -0.25) is 9.59 Å². The number of aryl methyl sites for hydroxylation is 2. The molecule has 0 aliphatic carbocycles. The van der Waals surface area contributed by atoms with Crippen molar-refractivity contribution < 1.29 is 9.21 Å². The Kier molecular flexibility index (Phi) is 3.66. The lowest BCUT2D eigenvalue weighted by Gasteiger charge is -2.08. The minimum Gasteiger partial charge on any atom is -0.455 e. The SMILES string of the molecule is Cc1ccc2c(=O)c3ccc(NC(=O)c4cccs4)cc3oc2c1C. The molecule has 0 atom stereocenters. The van der Waals surface area contributed by atoms with Gasteiger partial charge in [0.2, 0.25) is 5.43 Å². The summed E-state index contributed by atoms with van der Waals surface area (Å²) in [5.74, 6) is -0.176. The lowest BCUT2D eigenvalue weighted by atomic mass is 10.0. The lowest BCUT2D eigenvalue weighted by Crippen LogP contribution is -2.10. The standard InChI is InChI=1S/C20H15NO3S/c1-11-5-7-15-18(22)14-8-6-13(10-16(14)24-19(15)12(11)2)21-20(23)17-4-3-9-25-17/h3-10H,1-2H3,(H,21,23). The van der Waals surface area contributed by atoms with Gasteiger partial charge in [-0.1, -0.05) is 12.1 Å². The molecule has 0 saturated carbocycles. The molecule has 0 spiro atoms. The summed E-state index contributed by atoms with van der Waals surface area (Å²) in [5.41, 5.74) is 3.62. The molecule has 0 aliphatic rings. The number of benzene rings is 2. The summed E-state index contributed by atoms with van der Waals surface area (Å²) in [6.07, 6.45) is 0. The molecule has 1 amide bonds. The number of rotatable bonds is 2. The second-order valence-corrected chi connectivity index (χ2v) is 6.91. The highest BCUT2D eigenvalue weighted by atomic mass is 32.1. The molecule has 0 bridgehead atoms. The molecule has 0 saturated heterocycles. The van der Waals surface area contributed by atoms with Gasteiger partial charge in [0.1, 0.15) is 11.2 Å². The Bertz CT molecular complexity index is 1170. The summed E-state index contributed by atoms with van der Waals surface area (Å²) < 4.78 is 6.00. The Hall–Kier alpha value is -2.92. The van der Waals surface area contributed by atoms with Crippen LogP contribution in [-0.2, 0) is 0 Å². The van der Waals surface area contributed by atoms with Gasteiger partial charge in [-0.15, -0.1) is 11.3 Å². The number of hydrogen-bond donors (Lipinski definition) is 1. The number of thiophene rings is 1. The molecule has 0 aliphatic heterocycles. The van der Waals surface area contributed by atoms with Crippen LogP contribution in [-0.4, -0.2) is 5.91 Å². The van der Waals surface area contributed by atoms with Gasteiger partial charge in [0.25, 0.3) is 5.91 Å². The summed E-state index contributed by atoms with van der Waals surface area (Å²) in [6.45, 7) is 3.92. The monoisotopic (exact) mass is 349 g/mol. The van der Waals surface area contributed by atoms with Crippen LogP contribution in [0.3, 0.4) is 0 Å². The fourth-order valence-corrected chi connectivity index (χ4v) is 3.45. The van der Waals surface area contributed by atoms with Crippen molar-refractivity contribution in [3.8, 4) is 0 Å². The summed E-state index contributed by atoms with van der Waals surface area (Å²) in [5, 5.41) is 5.77. The summed E-state index contributed by atoms with van der Waals surface area (Å²) in [4.78, 5) is 25.6. The topological polar surface area (TPSA) is 59.3 Å². The Morgan fingerprint density at radius 2 is 1.88 bits per heavy atom. The molecule has 0 radical (unpaired) electrons. The number of nitrogens with one attached hydrogen (secondary N) is 1. The molecule has 4 rings (SSSR count). The second kappa shape index (κ2) is 5.86. The van der Waals surface area contributed by atoms with Gasteiger partial charge in [0.05, 0.1) is 15.6 Å². The third-order valence-electron chi connectivity index (χ3n) is 4.36. The number of amides is 1. The molecule has 0 unspecified atom stereocenters. The second-order valence-electron chi connectivity index (χ2n) is 5.96. The van der Waals surface area contributed by atoms with Crippen LogP contribution >= 0.6 is 11.3 Å². The van der Waals surface area contributed by atoms with E-state index in [9.17, 15) is 9.59 Å². The number of anilines is 1. The molecular weight excluding hydrogens is 334 g/mol. The zero-order valence-corrected chi connectivity index (χ0v) is 14.6. The van der Waals surface area contributed by atoms with Crippen molar-refractivity contribution in [2.75, 3.05) is 5.32 Å². The van der Waals surface area contributed by atoms with E-state index in [0.29, 0.717) is 32.5 Å². The molecule has 124 valence electrons. The van der Waals surface area contributed by atoms with Crippen molar-refractivity contribution in [2.45, 2.75) is 13.8 Å². The molecule has 5 heteroatoms. The fourth-order valence-electron chi connectivity index (χ4n) is 2.83. The summed E-state index contributed by atoms with van der Waals surface area (Å²) in [7, 11) is 0. The van der Waals surface area contributed by atoms with Crippen LogP contribution in [0, 0.1) is 13.8 Å². The molecular formula is C20H15NO3S. The molecule has 1 N–H and O–H groups in total. The predicted octanol–water partition coefficient (Wildman–Crippen LogP) is 4.88. The molecule has 4 nitrogen and oxygen atoms in total. The third-order valence-corrected chi connectivity index (χ3v) is 5.23. The molecule has 25 heavy (non-hydrogen) atoms. The molecule has 2 aromatic heterocycles. The van der Waals surface area contributed by atoms with Crippen molar-refractivity contribution in [1.29, 1.82) is 0 Å². The van der Waals surface area contributed by atoms with Gasteiger partial charge < -0.3 is 9.73 Å². The van der Waals surface area contributed by atoms with Crippen LogP contribution in [0.1, 0.15) is 20.8 Å². The Labute approximate surface area is 147 Å². The average molecular weight is 349 g/mol. The van der Waals surface area contributed by atoms with E-state index in [4.69, 9.17) is 4.42 Å². The minimum absolute atomic E-state index is 0.0597. The Morgan fingerprint density at radius 1 is 1.08 bits per heavy atom. The van der Waals surface area contributed by atoms with E-state index in [-0.39, 0.29) is 11.3 Å². The van der Waals surface area contributed by atoms with Crippen LogP contribution < -0.4 is 10.7 Å². The summed E-state index contributed by atoms with van der Waals surface area (Å²) in [6, 6.07) is 12.4. The highest BCUT2D eigenvalue weighted by molar-refractivity contribution is 7.12. The predicted molar refractivity (Wildman–Crippen MR) is 102 cm³/mol. The van der Waals surface area contributed by atoms with Gasteiger partial charge in [-0.2, -0.15) is 0 Å². The lowest BCUT2D eigenvalue weighted by molar-refractivity contribution is 0.103. The van der Waals surface area contributed by atoms with E-state index < -0.39 is 0 Å². The molecule has 2 aromatic carbocycles. The normalized spacial score (nSPS) is 11.1. The van der Waals surface area contributed by atoms with Crippen molar-refractivity contribution in [1.82, 2.24) is 0 Å². The largest absolute Gasteiger partial charge is 0.455 e. The van der Waals surface area contributed by atoms with E-state index in [2.05, 4.69) is 5.32 Å². The smallest absolute Gasteiger partial charge is 0.265 e. The zero-order chi connectivity index (χ0) is 17.6. The number of hydrogen-bond acceptors (Lipinski definition) is 4. The first-order chi connectivity index (χ1) is 12.0. The highest BCUT2D eigenvalue weighted by Crippen LogP contribution is 2.25. The van der Waals surface area contributed by atoms with Crippen LogP contribution in [0.2, 0.25) is 0 Å². The zero-order valence-electron chi connectivity index (χ0n) is 13.8. The van der Waals surface area contributed by atoms with Gasteiger partial charge >= 0.3 is 0 Å². The van der Waals surface area contributed by atoms with Gasteiger partial charge in [-0.05, 0) is 54.6 Å². The molecule has 0 fully saturated rings. The maximum Gasteiger partial charge on any atom is 0.265 e. The first-order valence-electron chi connectivity index (χ1n) is 7.86. The van der Waals surface area contributed by atoms with Crippen LogP contribution in [0.5, 0.6) is 0 Å². The highest BCUT2D eigenvalue weighted by Gasteiger charge is 2.12. The first kappa shape index (κ1) is 15.6. The maximum atomic E-state index is 12.7. The van der Waals surface area contributed by atoms with E-state index in [1.165, 1.54) is 11.3 Å². The van der Waals surface area contributed by atoms with Gasteiger partial charge in [0, 0.05) is 11.8 Å². The van der Waals surface area contributed by atoms with Gasteiger partial charge in [0.15, 0.2) is 0 Å². The minimum atomic E-state index is -0.176. The van der Waals surface area contributed by atoms with Gasteiger partial charge in [-0.25, -0.2) is 0 Å². The van der Waals surface area contributed by atoms with E-state index in [1.807, 2.05) is 31.4 Å². The first-order valence-corrected chi connectivity index (χ1v) is 8.74. The Morgan fingerprint density at radius 3 is 2.64 bits per heavy atom. The van der Waals surface area contributed by atoms with Crippen LogP contribution in [0.25, 0.3) is 21.9 Å². The number of fused-ring (bicyclic) bond motifs is 2. The Balaban J connectivity index is 1.85. The fraction of sp³-hybridized carbons (Fsp3) is 0.100. The maximum absolute atomic E-state index is 12.7. The van der Waals surface area contributed by atoms with E-state index in [1.54, 1.807) is 30.3 Å². The van der Waals surface area contributed by atoms with Crippen molar-refractivity contribution in [3.05, 3.63) is 74.1 Å². The average Bonchev–Trinajstić information content (AvgIpc) is 3.13. The van der Waals surface area contributed by atoms with Crippen molar-refractivity contribution in [3.63, 3.8) is 0 Å². The number of carbonyl (C=O) groups excluding carboxylic acids is 1. The third kappa shape index (κ3) is 2.62. The molecule has 4 aromatic rings. The molecule has 2 heterocycles. The van der Waals surface area contributed by atoms with E-state index in [0.717, 1.165) is 11.1 Å². The van der Waals surface area contributed by atoms with Crippen LogP contribution in [0.4, 0.5) is 5.69 Å². The number of carbonyl (C=O) groups is 1. The van der Waals surface area contributed by atoms with Crippen LogP contribution in [0.15, 0.2) is 57.1 Å². The summed E-state index contributed by atoms with van der Waals surface area (Å²) >= 11 is 1.38. The van der Waals surface area contributed by atoms with Crippen molar-refractivity contribution >= 4 is 44.9 Å². The quantitative estimate of drug-likeness (QED) is 0.525.